The van der Waals surface area contributed by atoms with Crippen molar-refractivity contribution in [1.29, 1.82) is 0 Å². The Balaban J connectivity index is 1.72. The zero-order valence-corrected chi connectivity index (χ0v) is 11.3. The van der Waals surface area contributed by atoms with Gasteiger partial charge >= 0.3 is 0 Å². The lowest BCUT2D eigenvalue weighted by Gasteiger charge is -2.39. The summed E-state index contributed by atoms with van der Waals surface area (Å²) in [5, 5.41) is 0. The maximum Gasteiger partial charge on any atom is 0.225 e. The van der Waals surface area contributed by atoms with Crippen molar-refractivity contribution in [3.63, 3.8) is 0 Å². The molecule has 2 aromatic heterocycles. The van der Waals surface area contributed by atoms with Gasteiger partial charge in [0, 0.05) is 38.1 Å². The Hall–Kier alpha value is -2.44. The van der Waals surface area contributed by atoms with E-state index in [9.17, 15) is 0 Å². The van der Waals surface area contributed by atoms with Crippen molar-refractivity contribution in [2.45, 2.75) is 13.0 Å². The maximum atomic E-state index is 5.62. The van der Waals surface area contributed by atoms with Crippen LogP contribution >= 0.6 is 0 Å². The third-order valence-corrected chi connectivity index (χ3v) is 3.38. The van der Waals surface area contributed by atoms with Gasteiger partial charge in [0.25, 0.3) is 0 Å². The van der Waals surface area contributed by atoms with Crippen molar-refractivity contribution in [2.75, 3.05) is 35.2 Å². The Morgan fingerprint density at radius 1 is 1.05 bits per heavy atom. The predicted molar refractivity (Wildman–Crippen MR) is 77.5 cm³/mol. The van der Waals surface area contributed by atoms with E-state index in [1.807, 2.05) is 6.07 Å². The molecule has 1 aliphatic rings. The molecule has 1 aliphatic heterocycles. The summed E-state index contributed by atoms with van der Waals surface area (Å²) in [5.41, 5.74) is 6.20. The van der Waals surface area contributed by atoms with Gasteiger partial charge in [-0.2, -0.15) is 0 Å². The zero-order chi connectivity index (χ0) is 13.9. The van der Waals surface area contributed by atoms with Crippen LogP contribution in [0, 0.1) is 0 Å². The minimum atomic E-state index is 0.288. The Morgan fingerprint density at radius 3 is 2.40 bits per heavy atom. The summed E-state index contributed by atoms with van der Waals surface area (Å²) in [6.07, 6.45) is 6.81. The molecule has 2 N–H and O–H groups in total. The van der Waals surface area contributed by atoms with Crippen molar-refractivity contribution in [1.82, 2.24) is 19.9 Å². The summed E-state index contributed by atoms with van der Waals surface area (Å²) in [4.78, 5) is 21.5. The first-order valence-corrected chi connectivity index (χ1v) is 6.60. The van der Waals surface area contributed by atoms with Crippen LogP contribution in [-0.4, -0.2) is 45.6 Å². The van der Waals surface area contributed by atoms with Crippen LogP contribution in [0.4, 0.5) is 17.6 Å². The summed E-state index contributed by atoms with van der Waals surface area (Å²) >= 11 is 0. The molecule has 7 heteroatoms. The number of piperazine rings is 1. The third kappa shape index (κ3) is 2.47. The number of anilines is 3. The zero-order valence-electron chi connectivity index (χ0n) is 11.3. The second kappa shape index (κ2) is 5.28. The first-order chi connectivity index (χ1) is 9.74. The van der Waals surface area contributed by atoms with E-state index in [0.29, 0.717) is 5.69 Å². The Bertz CT molecular complexity index is 557. The predicted octanol–water partition coefficient (Wildman–Crippen LogP) is 0.564. The van der Waals surface area contributed by atoms with Crippen LogP contribution < -0.4 is 15.5 Å². The molecule has 0 spiro atoms. The molecule has 104 valence electrons. The van der Waals surface area contributed by atoms with E-state index in [0.717, 1.165) is 31.5 Å². The summed E-state index contributed by atoms with van der Waals surface area (Å²) in [7, 11) is 0. The molecule has 0 radical (unpaired) electrons. The molecular formula is C13H17N7. The highest BCUT2D eigenvalue weighted by molar-refractivity contribution is 5.42. The highest BCUT2D eigenvalue weighted by atomic mass is 15.4. The fourth-order valence-electron chi connectivity index (χ4n) is 2.37. The van der Waals surface area contributed by atoms with Gasteiger partial charge in [-0.25, -0.2) is 19.9 Å². The lowest BCUT2D eigenvalue weighted by molar-refractivity contribution is 0.533. The molecule has 3 heterocycles. The molecule has 0 amide bonds. The van der Waals surface area contributed by atoms with E-state index in [4.69, 9.17) is 5.73 Å². The van der Waals surface area contributed by atoms with Gasteiger partial charge in [0.2, 0.25) is 11.9 Å². The standard InChI is InChI=1S/C13H17N7/c1-10-9-19(12-15-3-2-4-16-12)5-6-20(10)13-17-7-11(14)8-18-13/h2-4,7-8,10H,5-6,9,14H2,1H3/t10-/m0/s1. The van der Waals surface area contributed by atoms with Gasteiger partial charge < -0.3 is 15.5 Å². The van der Waals surface area contributed by atoms with Crippen LogP contribution in [0.5, 0.6) is 0 Å². The second-order valence-electron chi connectivity index (χ2n) is 4.85. The number of nitrogens with two attached hydrogens (primary N) is 1. The number of aromatic nitrogens is 4. The average molecular weight is 271 g/mol. The molecular weight excluding hydrogens is 254 g/mol. The maximum absolute atomic E-state index is 5.62. The molecule has 0 saturated carbocycles. The SMILES string of the molecule is C[C@H]1CN(c2ncccn2)CCN1c1ncc(N)cn1. The fourth-order valence-corrected chi connectivity index (χ4v) is 2.37. The van der Waals surface area contributed by atoms with Crippen LogP contribution in [-0.2, 0) is 0 Å². The van der Waals surface area contributed by atoms with Gasteiger partial charge in [-0.3, -0.25) is 0 Å². The second-order valence-corrected chi connectivity index (χ2v) is 4.85. The van der Waals surface area contributed by atoms with Gasteiger partial charge in [-0.1, -0.05) is 0 Å². The van der Waals surface area contributed by atoms with Gasteiger partial charge in [-0.05, 0) is 13.0 Å². The fraction of sp³-hybridized carbons (Fsp3) is 0.385. The molecule has 0 unspecified atom stereocenters. The Kier molecular flexibility index (Phi) is 3.32. The first-order valence-electron chi connectivity index (χ1n) is 6.60. The van der Waals surface area contributed by atoms with E-state index in [1.54, 1.807) is 24.8 Å². The minimum Gasteiger partial charge on any atom is -0.396 e. The van der Waals surface area contributed by atoms with E-state index < -0.39 is 0 Å². The number of hydrogen-bond acceptors (Lipinski definition) is 7. The van der Waals surface area contributed by atoms with Crippen molar-refractivity contribution in [2.24, 2.45) is 0 Å². The summed E-state index contributed by atoms with van der Waals surface area (Å²) in [6.45, 7) is 4.68. The van der Waals surface area contributed by atoms with Crippen molar-refractivity contribution in [3.8, 4) is 0 Å². The van der Waals surface area contributed by atoms with E-state index in [-0.39, 0.29) is 6.04 Å². The van der Waals surface area contributed by atoms with Gasteiger partial charge in [0.1, 0.15) is 0 Å². The van der Waals surface area contributed by atoms with E-state index >= 15 is 0 Å². The molecule has 0 aromatic carbocycles. The quantitative estimate of drug-likeness (QED) is 0.854. The van der Waals surface area contributed by atoms with Gasteiger partial charge in [0.05, 0.1) is 18.1 Å². The topological polar surface area (TPSA) is 84.1 Å². The first kappa shape index (κ1) is 12.6. The summed E-state index contributed by atoms with van der Waals surface area (Å²) < 4.78 is 0. The Morgan fingerprint density at radius 2 is 1.75 bits per heavy atom. The third-order valence-electron chi connectivity index (χ3n) is 3.38. The van der Waals surface area contributed by atoms with Crippen LogP contribution in [0.2, 0.25) is 0 Å². The molecule has 7 nitrogen and oxygen atoms in total. The van der Waals surface area contributed by atoms with Gasteiger partial charge in [0.15, 0.2) is 0 Å². The monoisotopic (exact) mass is 271 g/mol. The van der Waals surface area contributed by atoms with Gasteiger partial charge in [-0.15, -0.1) is 0 Å². The molecule has 1 atom stereocenters. The van der Waals surface area contributed by atoms with Crippen LogP contribution in [0.3, 0.4) is 0 Å². The van der Waals surface area contributed by atoms with Crippen LogP contribution in [0.1, 0.15) is 6.92 Å². The van der Waals surface area contributed by atoms with Crippen molar-refractivity contribution in [3.05, 3.63) is 30.9 Å². The molecule has 1 saturated heterocycles. The number of nitrogen functional groups attached to an aromatic ring is 1. The molecule has 0 bridgehead atoms. The normalized spacial score (nSPS) is 19.1. The van der Waals surface area contributed by atoms with E-state index in [2.05, 4.69) is 36.7 Å². The van der Waals surface area contributed by atoms with Crippen molar-refractivity contribution < 1.29 is 0 Å². The highest BCUT2D eigenvalue weighted by Gasteiger charge is 2.26. The van der Waals surface area contributed by atoms with Crippen LogP contribution in [0.15, 0.2) is 30.9 Å². The average Bonchev–Trinajstić information content (AvgIpc) is 2.49. The number of nitrogens with zero attached hydrogens (tertiary/aromatic N) is 6. The molecule has 2 aromatic rings. The minimum absolute atomic E-state index is 0.288. The lowest BCUT2D eigenvalue weighted by Crippen LogP contribution is -2.53. The smallest absolute Gasteiger partial charge is 0.225 e. The summed E-state index contributed by atoms with van der Waals surface area (Å²) in [6, 6.07) is 2.11. The number of hydrogen-bond donors (Lipinski definition) is 1. The van der Waals surface area contributed by atoms with Crippen LogP contribution in [0.25, 0.3) is 0 Å². The lowest BCUT2D eigenvalue weighted by atomic mass is 10.2. The van der Waals surface area contributed by atoms with Crippen molar-refractivity contribution >= 4 is 17.6 Å². The largest absolute Gasteiger partial charge is 0.396 e. The molecule has 0 aliphatic carbocycles. The molecule has 1 fully saturated rings. The van der Waals surface area contributed by atoms with E-state index in [1.165, 1.54) is 0 Å². The molecule has 3 rings (SSSR count). The Labute approximate surface area is 117 Å². The highest BCUT2D eigenvalue weighted by Crippen LogP contribution is 2.18. The summed E-state index contributed by atoms with van der Waals surface area (Å²) in [5.74, 6) is 1.50. The number of rotatable bonds is 2. The molecule has 20 heavy (non-hydrogen) atoms.